The minimum Gasteiger partial charge on any atom is -0.259 e. The number of halogens is 2. The zero-order valence-electron chi connectivity index (χ0n) is 11.7. The summed E-state index contributed by atoms with van der Waals surface area (Å²) in [6, 6.07) is 3.76. The van der Waals surface area contributed by atoms with Gasteiger partial charge in [-0.05, 0) is 41.1 Å². The van der Waals surface area contributed by atoms with Crippen LogP contribution < -0.4 is 0 Å². The van der Waals surface area contributed by atoms with E-state index >= 15 is 0 Å². The molecular formula is C14H20BrClN2O2S. The van der Waals surface area contributed by atoms with Gasteiger partial charge in [-0.25, -0.2) is 0 Å². The normalized spacial score (nSPS) is 9.71. The molecule has 0 saturated carbocycles. The van der Waals surface area contributed by atoms with E-state index in [2.05, 4.69) is 20.9 Å². The maximum atomic E-state index is 9.67. The second-order valence-electron chi connectivity index (χ2n) is 3.24. The molecule has 0 unspecified atom stereocenters. The van der Waals surface area contributed by atoms with Crippen molar-refractivity contribution in [3.63, 3.8) is 0 Å². The molecule has 0 aromatic carbocycles. The van der Waals surface area contributed by atoms with E-state index in [1.54, 1.807) is 30.5 Å². The number of thiophene rings is 1. The fourth-order valence-corrected chi connectivity index (χ4v) is 2.70. The van der Waals surface area contributed by atoms with E-state index in [4.69, 9.17) is 11.6 Å². The molecule has 0 N–H and O–H groups in total. The van der Waals surface area contributed by atoms with E-state index in [0.29, 0.717) is 0 Å². The van der Waals surface area contributed by atoms with Crippen molar-refractivity contribution in [1.29, 1.82) is 0 Å². The lowest BCUT2D eigenvalue weighted by Gasteiger charge is -1.88. The summed E-state index contributed by atoms with van der Waals surface area (Å²) in [6.45, 7) is 7.10. The summed E-state index contributed by atoms with van der Waals surface area (Å²) in [4.78, 5) is 13.4. The second kappa shape index (κ2) is 11.7. The summed E-state index contributed by atoms with van der Waals surface area (Å²) < 4.78 is 2.11. The van der Waals surface area contributed by atoms with Gasteiger partial charge in [0.2, 0.25) is 5.70 Å². The van der Waals surface area contributed by atoms with Crippen LogP contribution in [0.4, 0.5) is 0 Å². The van der Waals surface area contributed by atoms with Crippen molar-refractivity contribution in [3.05, 3.63) is 49.0 Å². The van der Waals surface area contributed by atoms with Crippen LogP contribution in [0.3, 0.4) is 0 Å². The highest BCUT2D eigenvalue weighted by Gasteiger charge is 2.02. The average molecular weight is 396 g/mol. The van der Waals surface area contributed by atoms with Crippen molar-refractivity contribution in [2.45, 2.75) is 35.1 Å². The Morgan fingerprint density at radius 3 is 2.48 bits per heavy atom. The molecule has 0 fully saturated rings. The quantitative estimate of drug-likeness (QED) is 0.405. The Kier molecular flexibility index (Phi) is 12.4. The van der Waals surface area contributed by atoms with Gasteiger partial charge in [0.05, 0.1) is 23.9 Å². The molecule has 2 rings (SSSR count). The van der Waals surface area contributed by atoms with Crippen LogP contribution in [0.1, 0.15) is 35.1 Å². The Balaban J connectivity index is 0. The Morgan fingerprint density at radius 2 is 2.10 bits per heavy atom. The van der Waals surface area contributed by atoms with Gasteiger partial charge in [-0.3, -0.25) is 15.1 Å². The smallest absolute Gasteiger partial charge is 0.238 e. The molecule has 4 nitrogen and oxygen atoms in total. The maximum Gasteiger partial charge on any atom is 0.238 e. The molecule has 2 heterocycles. The third-order valence-corrected chi connectivity index (χ3v) is 4.13. The molecule has 7 heteroatoms. The first kappa shape index (κ1) is 22.3. The van der Waals surface area contributed by atoms with Crippen LogP contribution >= 0.6 is 38.9 Å². The summed E-state index contributed by atoms with van der Waals surface area (Å²) in [7, 11) is 0. The standard InChI is InChI=1S/C7H3BrClNS.C4H7NO2.C2H6.CH4/c8-6-3-5-7(11-6)4(9)1-2-10-5;1-3-4(2)5(6)7;1-2;/h1-3H;3H,1-2H3;1-2H3;1H4/b;4-3+;;. The van der Waals surface area contributed by atoms with Crippen molar-refractivity contribution in [2.24, 2.45) is 0 Å². The summed E-state index contributed by atoms with van der Waals surface area (Å²) >= 11 is 10.9. The van der Waals surface area contributed by atoms with Gasteiger partial charge in [0.15, 0.2) is 0 Å². The van der Waals surface area contributed by atoms with E-state index in [-0.39, 0.29) is 13.1 Å². The van der Waals surface area contributed by atoms with E-state index in [1.165, 1.54) is 13.0 Å². The molecule has 2 aromatic heterocycles. The highest BCUT2D eigenvalue weighted by Crippen LogP contribution is 2.32. The lowest BCUT2D eigenvalue weighted by Crippen LogP contribution is -1.91. The molecule has 0 bridgehead atoms. The van der Waals surface area contributed by atoms with Gasteiger partial charge in [0.1, 0.15) is 0 Å². The Bertz CT molecular complexity index is 600. The molecule has 0 radical (unpaired) electrons. The van der Waals surface area contributed by atoms with E-state index in [0.717, 1.165) is 19.0 Å². The Hall–Kier alpha value is -0.980. The van der Waals surface area contributed by atoms with Crippen LogP contribution in [-0.2, 0) is 0 Å². The molecule has 0 amide bonds. The lowest BCUT2D eigenvalue weighted by molar-refractivity contribution is -0.424. The van der Waals surface area contributed by atoms with E-state index < -0.39 is 4.92 Å². The highest BCUT2D eigenvalue weighted by molar-refractivity contribution is 9.11. The van der Waals surface area contributed by atoms with Crippen molar-refractivity contribution < 1.29 is 4.92 Å². The van der Waals surface area contributed by atoms with Gasteiger partial charge in [0, 0.05) is 13.1 Å². The largest absolute Gasteiger partial charge is 0.259 e. The number of rotatable bonds is 1. The molecule has 0 saturated heterocycles. The summed E-state index contributed by atoms with van der Waals surface area (Å²) in [5.74, 6) is 0. The maximum absolute atomic E-state index is 9.67. The number of allylic oxidation sites excluding steroid dienone is 2. The van der Waals surface area contributed by atoms with Gasteiger partial charge in [0.25, 0.3) is 0 Å². The second-order valence-corrected chi connectivity index (χ2v) is 6.08. The highest BCUT2D eigenvalue weighted by atomic mass is 79.9. The number of nitro groups is 1. The number of pyridine rings is 1. The molecule has 118 valence electrons. The van der Waals surface area contributed by atoms with Gasteiger partial charge in [-0.1, -0.05) is 32.9 Å². The number of hydrogen-bond acceptors (Lipinski definition) is 4. The Morgan fingerprint density at radius 1 is 1.52 bits per heavy atom. The van der Waals surface area contributed by atoms with Gasteiger partial charge in [-0.2, -0.15) is 0 Å². The fourth-order valence-electron chi connectivity index (χ4n) is 0.983. The predicted molar refractivity (Wildman–Crippen MR) is 96.8 cm³/mol. The first-order chi connectivity index (χ1) is 9.45. The first-order valence-corrected chi connectivity index (χ1v) is 7.91. The summed E-state index contributed by atoms with van der Waals surface area (Å²) in [5, 5.41) is 10.4. The van der Waals surface area contributed by atoms with Crippen LogP contribution in [-0.4, -0.2) is 9.91 Å². The topological polar surface area (TPSA) is 56.0 Å². The summed E-state index contributed by atoms with van der Waals surface area (Å²) in [5.41, 5.74) is 1.15. The molecule has 0 aliphatic heterocycles. The lowest BCUT2D eigenvalue weighted by atomic mass is 10.4. The number of fused-ring (bicyclic) bond motifs is 1. The first-order valence-electron chi connectivity index (χ1n) is 5.92. The minimum absolute atomic E-state index is 0. The van der Waals surface area contributed by atoms with Gasteiger partial charge >= 0.3 is 0 Å². The van der Waals surface area contributed by atoms with Crippen LogP contribution in [0.15, 0.2) is 33.9 Å². The molecule has 21 heavy (non-hydrogen) atoms. The number of hydrogen-bond donors (Lipinski definition) is 0. The third kappa shape index (κ3) is 7.55. The van der Waals surface area contributed by atoms with Crippen LogP contribution in [0, 0.1) is 10.1 Å². The van der Waals surface area contributed by atoms with Crippen LogP contribution in [0.2, 0.25) is 5.02 Å². The predicted octanol–water partition coefficient (Wildman–Crippen LogP) is 6.56. The minimum atomic E-state index is -0.417. The summed E-state index contributed by atoms with van der Waals surface area (Å²) in [6.07, 6.45) is 3.17. The van der Waals surface area contributed by atoms with E-state index in [1.807, 2.05) is 19.9 Å². The number of aromatic nitrogens is 1. The molecule has 2 aromatic rings. The third-order valence-electron chi connectivity index (χ3n) is 2.04. The van der Waals surface area contributed by atoms with E-state index in [9.17, 15) is 10.1 Å². The van der Waals surface area contributed by atoms with Gasteiger partial charge in [-0.15, -0.1) is 11.3 Å². The Labute approximate surface area is 143 Å². The zero-order valence-corrected chi connectivity index (χ0v) is 14.8. The number of nitrogens with zero attached hydrogens (tertiary/aromatic N) is 2. The van der Waals surface area contributed by atoms with Crippen molar-refractivity contribution in [1.82, 2.24) is 4.98 Å². The molecule has 0 spiro atoms. The zero-order chi connectivity index (χ0) is 15.7. The average Bonchev–Trinajstić information content (AvgIpc) is 2.83. The van der Waals surface area contributed by atoms with Crippen molar-refractivity contribution in [3.8, 4) is 0 Å². The van der Waals surface area contributed by atoms with Crippen LogP contribution in [0.5, 0.6) is 0 Å². The van der Waals surface area contributed by atoms with Crippen molar-refractivity contribution in [2.75, 3.05) is 0 Å². The molecule has 0 aliphatic carbocycles. The molecular weight excluding hydrogens is 376 g/mol. The molecule has 0 aliphatic rings. The molecule has 0 atom stereocenters. The van der Waals surface area contributed by atoms with Crippen molar-refractivity contribution >= 4 is 49.1 Å². The van der Waals surface area contributed by atoms with Gasteiger partial charge < -0.3 is 0 Å². The SMILES string of the molecule is C.C/C=C(\C)[N+](=O)[O-].CC.Clc1ccnc2cc(Br)sc12. The van der Waals surface area contributed by atoms with Crippen LogP contribution in [0.25, 0.3) is 10.2 Å². The fraction of sp³-hybridized carbons (Fsp3) is 0.357. The monoisotopic (exact) mass is 394 g/mol.